The van der Waals surface area contributed by atoms with Crippen LogP contribution in [-0.2, 0) is 25.7 Å². The van der Waals surface area contributed by atoms with Crippen molar-refractivity contribution in [1.82, 2.24) is 15.1 Å². The van der Waals surface area contributed by atoms with Crippen molar-refractivity contribution in [2.75, 3.05) is 23.3 Å². The Kier molecular flexibility index (Phi) is 9.96. The number of amides is 2. The average molecular weight is 564 g/mol. The summed E-state index contributed by atoms with van der Waals surface area (Å²) in [6.45, 7) is 0.691. The molecule has 11 nitrogen and oxygen atoms in total. The van der Waals surface area contributed by atoms with Crippen LogP contribution in [0.5, 0.6) is 5.75 Å². The number of aromatic nitrogens is 2. The monoisotopic (exact) mass is 563 g/mol. The summed E-state index contributed by atoms with van der Waals surface area (Å²) in [7, 11) is 0. The predicted octanol–water partition coefficient (Wildman–Crippen LogP) is 4.44. The molecule has 206 valence electrons. The van der Waals surface area contributed by atoms with Crippen LogP contribution >= 0.6 is 11.6 Å². The third kappa shape index (κ3) is 7.76. The SMILES string of the molecule is CC(=O)NC[C@H]1CN(c2cn(C(F)F)nc2C)c2cc(NC(=O)OCc3ccccc3Cl)ccc2O1.O=C=O. The third-order valence-electron chi connectivity index (χ3n) is 5.45. The van der Waals surface area contributed by atoms with Crippen LogP contribution in [-0.4, -0.2) is 47.1 Å². The molecule has 0 bridgehead atoms. The van der Waals surface area contributed by atoms with Crippen molar-refractivity contribution in [1.29, 1.82) is 0 Å². The molecule has 1 aliphatic heterocycles. The summed E-state index contributed by atoms with van der Waals surface area (Å²) in [5.74, 6) is 0.239. The third-order valence-corrected chi connectivity index (χ3v) is 5.82. The van der Waals surface area contributed by atoms with E-state index in [1.165, 1.54) is 13.1 Å². The summed E-state index contributed by atoms with van der Waals surface area (Å²) in [5.41, 5.74) is 2.45. The number of nitrogens with zero attached hydrogens (tertiary/aromatic N) is 3. The molecule has 0 spiro atoms. The number of fused-ring (bicyclic) bond motifs is 1. The number of aryl methyl sites for hydroxylation is 1. The van der Waals surface area contributed by atoms with Gasteiger partial charge in [0.05, 0.1) is 36.4 Å². The molecule has 0 saturated carbocycles. The van der Waals surface area contributed by atoms with Gasteiger partial charge in [0.15, 0.2) is 0 Å². The van der Waals surface area contributed by atoms with Gasteiger partial charge in [-0.3, -0.25) is 10.1 Å². The van der Waals surface area contributed by atoms with E-state index in [0.29, 0.717) is 43.8 Å². The molecule has 3 aromatic rings. The highest BCUT2D eigenvalue weighted by Crippen LogP contribution is 2.41. The molecule has 0 radical (unpaired) electrons. The van der Waals surface area contributed by atoms with E-state index in [2.05, 4.69) is 15.7 Å². The van der Waals surface area contributed by atoms with Gasteiger partial charge >= 0.3 is 18.8 Å². The van der Waals surface area contributed by atoms with Gasteiger partial charge in [-0.2, -0.15) is 23.5 Å². The fraction of sp³-hybridized carbons (Fsp3) is 0.280. The smallest absolute Gasteiger partial charge is 0.411 e. The van der Waals surface area contributed by atoms with Crippen LogP contribution in [0.15, 0.2) is 48.7 Å². The molecule has 0 saturated heterocycles. The highest BCUT2D eigenvalue weighted by Gasteiger charge is 2.30. The number of nitrogens with one attached hydrogen (secondary N) is 2. The topological polar surface area (TPSA) is 132 Å². The number of rotatable bonds is 7. The zero-order valence-corrected chi connectivity index (χ0v) is 21.6. The Morgan fingerprint density at radius 2 is 1.95 bits per heavy atom. The number of carbonyl (C=O) groups excluding carboxylic acids is 4. The largest absolute Gasteiger partial charge is 0.485 e. The molecule has 14 heteroatoms. The average Bonchev–Trinajstić information content (AvgIpc) is 3.29. The standard InChI is InChI=1S/C24H24ClF2N5O4.CO2/c1-14-21(12-32(30-14)23(26)27)31-11-18(10-28-15(2)33)36-22-8-7-17(9-20(22)31)29-24(34)35-13-16-5-3-4-6-19(16)25;2-1-3/h3-9,12,18,23H,10-11,13H2,1-2H3,(H,28,33)(H,29,34);/t18-;/m0./s1. The Bertz CT molecular complexity index is 1360. The zero-order valence-electron chi connectivity index (χ0n) is 20.8. The van der Waals surface area contributed by atoms with Gasteiger partial charge in [0.25, 0.3) is 0 Å². The number of benzene rings is 2. The first-order chi connectivity index (χ1) is 18.6. The summed E-state index contributed by atoms with van der Waals surface area (Å²) in [6.07, 6.45) is 0.362. The Balaban J connectivity index is 0.00000134. The molecule has 0 fully saturated rings. The predicted molar refractivity (Wildman–Crippen MR) is 135 cm³/mol. The second-order valence-corrected chi connectivity index (χ2v) is 8.61. The molecule has 1 atom stereocenters. The van der Waals surface area contributed by atoms with E-state index in [1.54, 1.807) is 54.3 Å². The van der Waals surface area contributed by atoms with Gasteiger partial charge in [0, 0.05) is 23.2 Å². The lowest BCUT2D eigenvalue weighted by Crippen LogP contribution is -2.44. The van der Waals surface area contributed by atoms with E-state index in [0.717, 1.165) is 0 Å². The van der Waals surface area contributed by atoms with Gasteiger partial charge in [-0.15, -0.1) is 0 Å². The Hall–Kier alpha value is -4.48. The fourth-order valence-corrected chi connectivity index (χ4v) is 3.96. The molecule has 1 aliphatic rings. The first-order valence-corrected chi connectivity index (χ1v) is 11.8. The van der Waals surface area contributed by atoms with E-state index in [-0.39, 0.29) is 31.8 Å². The van der Waals surface area contributed by atoms with Crippen molar-refractivity contribution < 1.29 is 37.4 Å². The minimum Gasteiger partial charge on any atom is -0.485 e. The molecule has 2 heterocycles. The minimum absolute atomic E-state index is 0.0114. The maximum absolute atomic E-state index is 13.3. The van der Waals surface area contributed by atoms with Gasteiger partial charge in [-0.05, 0) is 31.2 Å². The van der Waals surface area contributed by atoms with Crippen molar-refractivity contribution in [2.45, 2.75) is 33.1 Å². The fourth-order valence-electron chi connectivity index (χ4n) is 3.77. The summed E-state index contributed by atoms with van der Waals surface area (Å²) in [4.78, 5) is 41.8. The van der Waals surface area contributed by atoms with Crippen LogP contribution in [0, 0.1) is 6.92 Å². The second-order valence-electron chi connectivity index (χ2n) is 8.20. The number of hydrogen-bond donors (Lipinski definition) is 2. The van der Waals surface area contributed by atoms with Gasteiger partial charge in [0.1, 0.15) is 18.5 Å². The van der Waals surface area contributed by atoms with Crippen LogP contribution in [0.4, 0.5) is 30.6 Å². The van der Waals surface area contributed by atoms with Crippen molar-refractivity contribution in [2.24, 2.45) is 0 Å². The minimum atomic E-state index is -2.80. The maximum Gasteiger partial charge on any atom is 0.411 e. The summed E-state index contributed by atoms with van der Waals surface area (Å²) >= 11 is 6.10. The number of anilines is 3. The van der Waals surface area contributed by atoms with Gasteiger partial charge in [-0.25, -0.2) is 9.48 Å². The van der Waals surface area contributed by atoms with Crippen LogP contribution in [0.2, 0.25) is 5.02 Å². The Morgan fingerprint density at radius 3 is 2.59 bits per heavy atom. The number of alkyl halides is 2. The molecule has 2 amide bonds. The molecule has 4 rings (SSSR count). The van der Waals surface area contributed by atoms with E-state index in [1.807, 2.05) is 0 Å². The highest BCUT2D eigenvalue weighted by molar-refractivity contribution is 6.31. The van der Waals surface area contributed by atoms with E-state index < -0.39 is 18.7 Å². The molecular weight excluding hydrogens is 540 g/mol. The quantitative estimate of drug-likeness (QED) is 0.431. The van der Waals surface area contributed by atoms with Crippen molar-refractivity contribution in [3.63, 3.8) is 0 Å². The molecule has 0 aliphatic carbocycles. The van der Waals surface area contributed by atoms with E-state index in [9.17, 15) is 18.4 Å². The number of hydrogen-bond acceptors (Lipinski definition) is 8. The first-order valence-electron chi connectivity index (χ1n) is 11.5. The molecule has 39 heavy (non-hydrogen) atoms. The van der Waals surface area contributed by atoms with E-state index >= 15 is 0 Å². The molecule has 0 unspecified atom stereocenters. The second kappa shape index (κ2) is 13.4. The van der Waals surface area contributed by atoms with Crippen molar-refractivity contribution >= 4 is 46.8 Å². The summed E-state index contributed by atoms with van der Waals surface area (Å²) < 4.78 is 38.4. The zero-order chi connectivity index (χ0) is 28.5. The Morgan fingerprint density at radius 1 is 1.23 bits per heavy atom. The normalized spacial score (nSPS) is 13.8. The van der Waals surface area contributed by atoms with Crippen molar-refractivity contribution in [3.8, 4) is 5.75 Å². The lowest BCUT2D eigenvalue weighted by molar-refractivity contribution is -0.191. The lowest BCUT2D eigenvalue weighted by atomic mass is 10.1. The molecule has 2 N–H and O–H groups in total. The Labute approximate surface area is 226 Å². The molecule has 2 aromatic carbocycles. The molecule has 1 aromatic heterocycles. The van der Waals surface area contributed by atoms with Crippen LogP contribution in [0.1, 0.15) is 24.7 Å². The van der Waals surface area contributed by atoms with Crippen LogP contribution in [0.3, 0.4) is 0 Å². The van der Waals surface area contributed by atoms with E-state index in [4.69, 9.17) is 30.7 Å². The summed E-state index contributed by atoms with van der Waals surface area (Å²) in [5, 5.41) is 9.76. The first kappa shape index (κ1) is 29.1. The maximum atomic E-state index is 13.3. The van der Waals surface area contributed by atoms with Gasteiger partial charge < -0.3 is 19.7 Å². The lowest BCUT2D eigenvalue weighted by Gasteiger charge is -2.36. The van der Waals surface area contributed by atoms with Crippen LogP contribution in [0.25, 0.3) is 0 Å². The van der Waals surface area contributed by atoms with Gasteiger partial charge in [-0.1, -0.05) is 29.8 Å². The highest BCUT2D eigenvalue weighted by atomic mass is 35.5. The number of halogens is 3. The summed E-state index contributed by atoms with van der Waals surface area (Å²) in [6, 6.07) is 12.0. The number of carbonyl (C=O) groups is 2. The number of ether oxygens (including phenoxy) is 2. The van der Waals surface area contributed by atoms with Crippen molar-refractivity contribution in [3.05, 3.63) is 64.9 Å². The van der Waals surface area contributed by atoms with Crippen LogP contribution < -0.4 is 20.3 Å². The van der Waals surface area contributed by atoms with Gasteiger partial charge in [0.2, 0.25) is 5.91 Å². The molecular formula is C25H24ClF2N5O6.